The molecule has 0 radical (unpaired) electrons. The number of carbonyl (C=O) groups is 2. The first-order valence-corrected chi connectivity index (χ1v) is 10.0. The van der Waals surface area contributed by atoms with Gasteiger partial charge in [0, 0.05) is 37.7 Å². The first-order valence-electron chi connectivity index (χ1n) is 10.0. The van der Waals surface area contributed by atoms with Crippen molar-refractivity contribution in [2.24, 2.45) is 5.92 Å². The average Bonchev–Trinajstić information content (AvgIpc) is 2.77. The van der Waals surface area contributed by atoms with Crippen LogP contribution in [-0.2, 0) is 9.59 Å². The Morgan fingerprint density at radius 1 is 1.07 bits per heavy atom. The Bertz CT molecular complexity index is 873. The number of amides is 2. The summed E-state index contributed by atoms with van der Waals surface area (Å²) in [5, 5.41) is 0. The highest BCUT2D eigenvalue weighted by Crippen LogP contribution is 2.26. The molecule has 1 unspecified atom stereocenters. The summed E-state index contributed by atoms with van der Waals surface area (Å²) in [5.74, 6) is -0.470. The summed E-state index contributed by atoms with van der Waals surface area (Å²) in [7, 11) is 1.72. The van der Waals surface area contributed by atoms with Gasteiger partial charge >= 0.3 is 0 Å². The van der Waals surface area contributed by atoms with E-state index in [1.54, 1.807) is 41.1 Å². The lowest BCUT2D eigenvalue weighted by Gasteiger charge is -2.34. The van der Waals surface area contributed by atoms with E-state index < -0.39 is 0 Å². The molecule has 1 atom stereocenters. The van der Waals surface area contributed by atoms with E-state index in [-0.39, 0.29) is 29.6 Å². The zero-order valence-corrected chi connectivity index (χ0v) is 16.9. The lowest BCUT2D eigenvalue weighted by Crippen LogP contribution is -2.43. The molecule has 1 heterocycles. The maximum absolute atomic E-state index is 14.1. The Morgan fingerprint density at radius 2 is 1.69 bits per heavy atom. The molecule has 2 aromatic carbocycles. The fourth-order valence-electron chi connectivity index (χ4n) is 3.69. The highest BCUT2D eigenvalue weighted by molar-refractivity contribution is 5.92. The third kappa shape index (κ3) is 5.11. The average molecular weight is 394 g/mol. The molecule has 2 amide bonds. The lowest BCUT2D eigenvalue weighted by atomic mass is 9.94. The second kappa shape index (κ2) is 9.50. The largest absolute Gasteiger partial charge is 0.339 e. The van der Waals surface area contributed by atoms with Crippen LogP contribution < -0.4 is 0 Å². The van der Waals surface area contributed by atoms with Crippen molar-refractivity contribution >= 4 is 17.9 Å². The van der Waals surface area contributed by atoms with Crippen molar-refractivity contribution in [3.05, 3.63) is 77.6 Å². The molecule has 5 heteroatoms. The standard InChI is InChI=1S/C24H27FN2O2/c1-18(21-10-6-7-11-22(21)25)26(2)24(29)20-14-16-27(17-15-20)23(28)13-12-19-8-4-3-5-9-19/h3-13,18,20H,14-17H2,1-2H3. The molecule has 0 bridgehead atoms. The van der Waals surface area contributed by atoms with E-state index in [2.05, 4.69) is 0 Å². The first-order chi connectivity index (χ1) is 14.0. The molecule has 1 aliphatic rings. The molecule has 3 rings (SSSR count). The van der Waals surface area contributed by atoms with Gasteiger partial charge < -0.3 is 9.80 Å². The number of nitrogens with zero attached hydrogens (tertiary/aromatic N) is 2. The van der Waals surface area contributed by atoms with Crippen LogP contribution in [0.5, 0.6) is 0 Å². The van der Waals surface area contributed by atoms with E-state index in [9.17, 15) is 14.0 Å². The summed E-state index contributed by atoms with van der Waals surface area (Å²) in [4.78, 5) is 28.7. The van der Waals surface area contributed by atoms with Gasteiger partial charge in [-0.25, -0.2) is 4.39 Å². The molecule has 1 saturated heterocycles. The zero-order valence-electron chi connectivity index (χ0n) is 16.9. The van der Waals surface area contributed by atoms with Crippen molar-refractivity contribution in [2.75, 3.05) is 20.1 Å². The van der Waals surface area contributed by atoms with E-state index in [0.717, 1.165) is 5.56 Å². The van der Waals surface area contributed by atoms with Gasteiger partial charge in [-0.3, -0.25) is 9.59 Å². The van der Waals surface area contributed by atoms with Gasteiger partial charge in [-0.05, 0) is 37.5 Å². The minimum atomic E-state index is -0.336. The van der Waals surface area contributed by atoms with Crippen LogP contribution in [0.15, 0.2) is 60.7 Å². The van der Waals surface area contributed by atoms with Crippen molar-refractivity contribution in [1.29, 1.82) is 0 Å². The molecular formula is C24H27FN2O2. The van der Waals surface area contributed by atoms with Crippen molar-refractivity contribution in [3.63, 3.8) is 0 Å². The van der Waals surface area contributed by atoms with Crippen LogP contribution in [-0.4, -0.2) is 41.8 Å². The predicted molar refractivity (Wildman–Crippen MR) is 112 cm³/mol. The first kappa shape index (κ1) is 20.8. The van der Waals surface area contributed by atoms with Gasteiger partial charge in [0.05, 0.1) is 6.04 Å². The molecule has 0 saturated carbocycles. The van der Waals surface area contributed by atoms with E-state index >= 15 is 0 Å². The van der Waals surface area contributed by atoms with Gasteiger partial charge in [-0.2, -0.15) is 0 Å². The summed E-state index contributed by atoms with van der Waals surface area (Å²) < 4.78 is 14.1. The van der Waals surface area contributed by atoms with E-state index in [4.69, 9.17) is 0 Å². The number of benzene rings is 2. The van der Waals surface area contributed by atoms with Crippen molar-refractivity contribution in [3.8, 4) is 0 Å². The van der Waals surface area contributed by atoms with Gasteiger partial charge in [-0.1, -0.05) is 48.5 Å². The third-order valence-corrected chi connectivity index (χ3v) is 5.66. The van der Waals surface area contributed by atoms with Crippen molar-refractivity contribution in [2.45, 2.75) is 25.8 Å². The molecule has 2 aromatic rings. The number of hydrogen-bond donors (Lipinski definition) is 0. The van der Waals surface area contributed by atoms with Crippen LogP contribution in [0.4, 0.5) is 4.39 Å². The number of likely N-dealkylation sites (tertiary alicyclic amines) is 1. The maximum atomic E-state index is 14.1. The van der Waals surface area contributed by atoms with E-state index in [0.29, 0.717) is 31.5 Å². The topological polar surface area (TPSA) is 40.6 Å². The second-order valence-electron chi connectivity index (χ2n) is 7.49. The minimum absolute atomic E-state index is 0.00711. The van der Waals surface area contributed by atoms with Crippen LogP contribution in [0, 0.1) is 11.7 Å². The van der Waals surface area contributed by atoms with Crippen LogP contribution in [0.25, 0.3) is 6.08 Å². The highest BCUT2D eigenvalue weighted by Gasteiger charge is 2.30. The van der Waals surface area contributed by atoms with E-state index in [1.807, 2.05) is 43.3 Å². The van der Waals surface area contributed by atoms with Crippen LogP contribution in [0.3, 0.4) is 0 Å². The third-order valence-electron chi connectivity index (χ3n) is 5.66. The Kier molecular flexibility index (Phi) is 6.81. The second-order valence-corrected chi connectivity index (χ2v) is 7.49. The van der Waals surface area contributed by atoms with Gasteiger partial charge in [0.25, 0.3) is 0 Å². The Morgan fingerprint density at radius 3 is 2.34 bits per heavy atom. The van der Waals surface area contributed by atoms with E-state index in [1.165, 1.54) is 6.07 Å². The van der Waals surface area contributed by atoms with Gasteiger partial charge in [-0.15, -0.1) is 0 Å². The minimum Gasteiger partial charge on any atom is -0.339 e. The van der Waals surface area contributed by atoms with Crippen LogP contribution in [0.2, 0.25) is 0 Å². The number of piperidine rings is 1. The molecular weight excluding hydrogens is 367 g/mol. The normalized spacial score (nSPS) is 16.0. The Balaban J connectivity index is 1.54. The number of halogens is 1. The lowest BCUT2D eigenvalue weighted by molar-refractivity contribution is -0.140. The Hall–Kier alpha value is -2.95. The molecule has 29 heavy (non-hydrogen) atoms. The summed E-state index contributed by atoms with van der Waals surface area (Å²) in [6.07, 6.45) is 4.64. The highest BCUT2D eigenvalue weighted by atomic mass is 19.1. The summed E-state index contributed by atoms with van der Waals surface area (Å²) in [5.41, 5.74) is 1.50. The number of rotatable bonds is 5. The zero-order chi connectivity index (χ0) is 20.8. The molecule has 0 spiro atoms. The van der Waals surface area contributed by atoms with Crippen LogP contribution in [0.1, 0.15) is 36.9 Å². The monoisotopic (exact) mass is 394 g/mol. The van der Waals surface area contributed by atoms with Gasteiger partial charge in [0.2, 0.25) is 11.8 Å². The molecule has 4 nitrogen and oxygen atoms in total. The SMILES string of the molecule is CC(c1ccccc1F)N(C)C(=O)C1CCN(C(=O)C=Cc2ccccc2)CC1. The molecule has 0 aromatic heterocycles. The predicted octanol–water partition coefficient (Wildman–Crippen LogP) is 4.30. The smallest absolute Gasteiger partial charge is 0.246 e. The summed E-state index contributed by atoms with van der Waals surface area (Å²) >= 11 is 0. The molecule has 1 aliphatic heterocycles. The van der Waals surface area contributed by atoms with Crippen molar-refractivity contribution < 1.29 is 14.0 Å². The van der Waals surface area contributed by atoms with Crippen LogP contribution >= 0.6 is 0 Å². The quantitative estimate of drug-likeness (QED) is 0.710. The fourth-order valence-corrected chi connectivity index (χ4v) is 3.69. The van der Waals surface area contributed by atoms with Gasteiger partial charge in [0.15, 0.2) is 0 Å². The summed E-state index contributed by atoms with van der Waals surface area (Å²) in [6.45, 7) is 2.94. The molecule has 0 N–H and O–H groups in total. The molecule has 0 aliphatic carbocycles. The maximum Gasteiger partial charge on any atom is 0.246 e. The fraction of sp³-hybridized carbons (Fsp3) is 0.333. The summed E-state index contributed by atoms with van der Waals surface area (Å²) in [6, 6.07) is 15.9. The van der Waals surface area contributed by atoms with Gasteiger partial charge in [0.1, 0.15) is 5.82 Å². The number of hydrogen-bond acceptors (Lipinski definition) is 2. The molecule has 1 fully saturated rings. The molecule has 152 valence electrons. The van der Waals surface area contributed by atoms with Crippen molar-refractivity contribution in [1.82, 2.24) is 9.80 Å². The number of carbonyl (C=O) groups excluding carboxylic acids is 2. The Labute approximate surface area is 171 Å².